The van der Waals surface area contributed by atoms with Crippen LogP contribution >= 0.6 is 0 Å². The molecule has 4 nitrogen and oxygen atoms in total. The average molecular weight is 317 g/mol. The van der Waals surface area contributed by atoms with Crippen molar-refractivity contribution in [1.29, 1.82) is 0 Å². The average Bonchev–Trinajstić information content (AvgIpc) is 2.60. The molecule has 2 rings (SSSR count). The van der Waals surface area contributed by atoms with Crippen molar-refractivity contribution in [3.05, 3.63) is 66.0 Å². The van der Waals surface area contributed by atoms with Crippen molar-refractivity contribution in [1.82, 2.24) is 5.32 Å². The second-order valence-electron chi connectivity index (χ2n) is 5.14. The molecule has 0 fully saturated rings. The van der Waals surface area contributed by atoms with Gasteiger partial charge in [0.15, 0.2) is 17.7 Å². The van der Waals surface area contributed by atoms with Crippen LogP contribution in [0.4, 0.5) is 4.39 Å². The Morgan fingerprint density at radius 2 is 1.83 bits per heavy atom. The highest BCUT2D eigenvalue weighted by molar-refractivity contribution is 5.81. The molecule has 2 atom stereocenters. The van der Waals surface area contributed by atoms with E-state index in [4.69, 9.17) is 4.74 Å². The highest BCUT2D eigenvalue weighted by Crippen LogP contribution is 2.18. The molecule has 0 heterocycles. The molecule has 5 heteroatoms. The number of benzene rings is 2. The van der Waals surface area contributed by atoms with Crippen LogP contribution in [0.25, 0.3) is 0 Å². The van der Waals surface area contributed by atoms with Crippen molar-refractivity contribution in [2.75, 3.05) is 6.54 Å². The first-order valence-corrected chi connectivity index (χ1v) is 7.53. The lowest BCUT2D eigenvalue weighted by molar-refractivity contribution is -0.130. The quantitative estimate of drug-likeness (QED) is 0.825. The van der Waals surface area contributed by atoms with Crippen molar-refractivity contribution in [2.24, 2.45) is 0 Å². The maximum Gasteiger partial charge on any atom is 0.253 e. The fourth-order valence-electron chi connectivity index (χ4n) is 2.09. The van der Waals surface area contributed by atoms with Crippen LogP contribution in [0, 0.1) is 5.82 Å². The highest BCUT2D eigenvalue weighted by Gasteiger charge is 2.19. The molecule has 2 unspecified atom stereocenters. The third-order valence-corrected chi connectivity index (χ3v) is 3.45. The van der Waals surface area contributed by atoms with Crippen molar-refractivity contribution in [3.8, 4) is 5.75 Å². The van der Waals surface area contributed by atoms with Crippen LogP contribution in [-0.4, -0.2) is 23.7 Å². The Kier molecular flexibility index (Phi) is 6.11. The van der Waals surface area contributed by atoms with Gasteiger partial charge in [-0.05, 0) is 24.1 Å². The smallest absolute Gasteiger partial charge is 0.253 e. The summed E-state index contributed by atoms with van der Waals surface area (Å²) < 4.78 is 19.1. The van der Waals surface area contributed by atoms with Gasteiger partial charge in [0.1, 0.15) is 6.10 Å². The zero-order chi connectivity index (χ0) is 16.7. The van der Waals surface area contributed by atoms with Crippen molar-refractivity contribution < 1.29 is 19.0 Å². The lowest BCUT2D eigenvalue weighted by Crippen LogP contribution is -2.37. The molecule has 0 saturated heterocycles. The number of aliphatic hydroxyl groups is 1. The lowest BCUT2D eigenvalue weighted by atomic mass is 10.1. The number of carbonyl (C=O) groups excluding carboxylic acids is 1. The maximum absolute atomic E-state index is 13.6. The van der Waals surface area contributed by atoms with E-state index in [1.165, 1.54) is 6.07 Å². The predicted octanol–water partition coefficient (Wildman–Crippen LogP) is 2.83. The van der Waals surface area contributed by atoms with Crippen LogP contribution in [0.1, 0.15) is 25.0 Å². The highest BCUT2D eigenvalue weighted by atomic mass is 19.1. The number of carbonyl (C=O) groups is 1. The molecule has 0 aromatic heterocycles. The van der Waals surface area contributed by atoms with Gasteiger partial charge in [0.25, 0.3) is 5.91 Å². The van der Waals surface area contributed by atoms with Gasteiger partial charge in [0.2, 0.25) is 0 Å². The largest absolute Gasteiger partial charge is 0.486 e. The zero-order valence-corrected chi connectivity index (χ0v) is 12.9. The third kappa shape index (κ3) is 4.79. The fraction of sp³-hybridized carbons (Fsp3) is 0.278. The van der Waals surface area contributed by atoms with E-state index in [1.807, 2.05) is 13.0 Å². The summed E-state index contributed by atoms with van der Waals surface area (Å²) in [6, 6.07) is 14.8. The number of hydrogen-bond acceptors (Lipinski definition) is 3. The van der Waals surface area contributed by atoms with Crippen LogP contribution in [0.3, 0.4) is 0 Å². The molecule has 0 spiro atoms. The molecule has 0 radical (unpaired) electrons. The molecule has 122 valence electrons. The first kappa shape index (κ1) is 17.0. The van der Waals surface area contributed by atoms with E-state index < -0.39 is 17.8 Å². The Bertz CT molecular complexity index is 633. The molecule has 1 amide bonds. The Labute approximate surface area is 134 Å². The molecule has 0 aliphatic heterocycles. The molecule has 0 aliphatic carbocycles. The Morgan fingerprint density at radius 1 is 1.17 bits per heavy atom. The van der Waals surface area contributed by atoms with Crippen LogP contribution in [0.5, 0.6) is 5.75 Å². The van der Waals surface area contributed by atoms with Crippen molar-refractivity contribution in [3.63, 3.8) is 0 Å². The van der Waals surface area contributed by atoms with E-state index in [2.05, 4.69) is 5.32 Å². The normalized spacial score (nSPS) is 13.2. The van der Waals surface area contributed by atoms with E-state index in [0.29, 0.717) is 12.0 Å². The van der Waals surface area contributed by atoms with Crippen molar-refractivity contribution in [2.45, 2.75) is 25.6 Å². The molecular formula is C18H20FNO3. The SMILES string of the molecule is CCC(CNC(=O)C(O)c1ccccc1)Oc1ccccc1F. The Morgan fingerprint density at radius 3 is 2.48 bits per heavy atom. The molecule has 0 aliphatic rings. The number of ether oxygens (including phenoxy) is 1. The fourth-order valence-corrected chi connectivity index (χ4v) is 2.09. The standard InChI is InChI=1S/C18H20FNO3/c1-2-14(23-16-11-7-6-10-15(16)19)12-20-18(22)17(21)13-8-4-3-5-9-13/h3-11,14,17,21H,2,12H2,1H3,(H,20,22). The minimum absolute atomic E-state index is 0.150. The second-order valence-corrected chi connectivity index (χ2v) is 5.14. The number of nitrogens with one attached hydrogen (secondary N) is 1. The number of hydrogen-bond donors (Lipinski definition) is 2. The van der Waals surface area contributed by atoms with Crippen LogP contribution < -0.4 is 10.1 Å². The van der Waals surface area contributed by atoms with Gasteiger partial charge in [-0.3, -0.25) is 4.79 Å². The summed E-state index contributed by atoms with van der Waals surface area (Å²) in [4.78, 5) is 12.0. The second kappa shape index (κ2) is 8.29. The van der Waals surface area contributed by atoms with Gasteiger partial charge in [0.05, 0.1) is 6.54 Å². The van der Waals surface area contributed by atoms with Crippen LogP contribution in [-0.2, 0) is 4.79 Å². The maximum atomic E-state index is 13.6. The summed E-state index contributed by atoms with van der Waals surface area (Å²) in [5.41, 5.74) is 0.521. The summed E-state index contributed by atoms with van der Waals surface area (Å²) in [6.07, 6.45) is -1.02. The number of rotatable bonds is 7. The zero-order valence-electron chi connectivity index (χ0n) is 12.9. The third-order valence-electron chi connectivity index (χ3n) is 3.45. The minimum Gasteiger partial charge on any atom is -0.486 e. The molecule has 0 saturated carbocycles. The number of aliphatic hydroxyl groups excluding tert-OH is 1. The van der Waals surface area contributed by atoms with E-state index in [9.17, 15) is 14.3 Å². The van der Waals surface area contributed by atoms with Gasteiger partial charge in [0, 0.05) is 0 Å². The minimum atomic E-state index is -1.23. The van der Waals surface area contributed by atoms with Crippen molar-refractivity contribution >= 4 is 5.91 Å². The van der Waals surface area contributed by atoms with Gasteiger partial charge in [-0.1, -0.05) is 49.4 Å². The summed E-state index contributed by atoms with van der Waals surface area (Å²) >= 11 is 0. The van der Waals surface area contributed by atoms with E-state index in [-0.39, 0.29) is 18.4 Å². The van der Waals surface area contributed by atoms with Crippen LogP contribution in [0.15, 0.2) is 54.6 Å². The van der Waals surface area contributed by atoms with Gasteiger partial charge >= 0.3 is 0 Å². The molecule has 2 aromatic carbocycles. The molecular weight excluding hydrogens is 297 g/mol. The molecule has 2 N–H and O–H groups in total. The van der Waals surface area contributed by atoms with Gasteiger partial charge < -0.3 is 15.2 Å². The van der Waals surface area contributed by atoms with E-state index in [1.54, 1.807) is 42.5 Å². The van der Waals surface area contributed by atoms with Gasteiger partial charge in [-0.2, -0.15) is 0 Å². The predicted molar refractivity (Wildman–Crippen MR) is 85.5 cm³/mol. The van der Waals surface area contributed by atoms with Crippen LogP contribution in [0.2, 0.25) is 0 Å². The van der Waals surface area contributed by atoms with Gasteiger partial charge in [-0.15, -0.1) is 0 Å². The summed E-state index contributed by atoms with van der Waals surface area (Å²) in [7, 11) is 0. The first-order valence-electron chi connectivity index (χ1n) is 7.53. The van der Waals surface area contributed by atoms with Gasteiger partial charge in [-0.25, -0.2) is 4.39 Å². The first-order chi connectivity index (χ1) is 11.1. The summed E-state index contributed by atoms with van der Waals surface area (Å²) in [6.45, 7) is 2.07. The number of halogens is 1. The molecule has 23 heavy (non-hydrogen) atoms. The molecule has 2 aromatic rings. The Hall–Kier alpha value is -2.40. The summed E-state index contributed by atoms with van der Waals surface area (Å²) in [5, 5.41) is 12.6. The lowest BCUT2D eigenvalue weighted by Gasteiger charge is -2.19. The monoisotopic (exact) mass is 317 g/mol. The van der Waals surface area contributed by atoms with E-state index in [0.717, 1.165) is 0 Å². The van der Waals surface area contributed by atoms with E-state index >= 15 is 0 Å². The number of para-hydroxylation sites is 1. The summed E-state index contributed by atoms with van der Waals surface area (Å²) in [5.74, 6) is -0.800. The Balaban J connectivity index is 1.90. The topological polar surface area (TPSA) is 58.6 Å². The molecule has 0 bridgehead atoms. The number of amides is 1.